The van der Waals surface area contributed by atoms with E-state index in [9.17, 15) is 8.42 Å². The van der Waals surface area contributed by atoms with E-state index in [2.05, 4.69) is 5.32 Å². The molecule has 0 aromatic heterocycles. The highest BCUT2D eigenvalue weighted by Crippen LogP contribution is 2.19. The molecule has 0 atom stereocenters. The summed E-state index contributed by atoms with van der Waals surface area (Å²) in [4.78, 5) is -0.0677. The van der Waals surface area contributed by atoms with Gasteiger partial charge in [0.15, 0.2) is 0 Å². The van der Waals surface area contributed by atoms with Crippen molar-refractivity contribution >= 4 is 15.7 Å². The Kier molecular flexibility index (Phi) is 4.25. The van der Waals surface area contributed by atoms with Crippen molar-refractivity contribution in [1.82, 2.24) is 0 Å². The highest BCUT2D eigenvalue weighted by molar-refractivity contribution is 7.89. The second kappa shape index (κ2) is 5.26. The number of anilines is 1. The number of benzene rings is 1. The second-order valence-electron chi connectivity index (χ2n) is 3.25. The number of sulfonamides is 1. The van der Waals surface area contributed by atoms with Crippen molar-refractivity contribution in [3.05, 3.63) is 24.3 Å². The number of hydrogen-bond donors (Lipinski definition) is 4. The Labute approximate surface area is 93.8 Å². The van der Waals surface area contributed by atoms with E-state index in [4.69, 9.17) is 15.4 Å². The van der Waals surface area contributed by atoms with E-state index in [0.717, 1.165) is 0 Å². The average Bonchev–Trinajstić information content (AvgIpc) is 2.25. The van der Waals surface area contributed by atoms with Crippen LogP contribution in [0.4, 0.5) is 5.69 Å². The largest absolute Gasteiger partial charge is 0.394 e. The quantitative estimate of drug-likeness (QED) is 0.538. The second-order valence-corrected chi connectivity index (χ2v) is 4.78. The van der Waals surface area contributed by atoms with E-state index in [1.807, 2.05) is 0 Å². The summed E-state index contributed by atoms with van der Waals surface area (Å²) in [6, 6.07) is 5.41. The summed E-state index contributed by atoms with van der Waals surface area (Å²) in [7, 11) is -3.82. The summed E-state index contributed by atoms with van der Waals surface area (Å²) in [5.74, 6) is 0. The average molecular weight is 246 g/mol. The summed E-state index contributed by atoms with van der Waals surface area (Å²) in [5, 5.41) is 25.5. The van der Waals surface area contributed by atoms with E-state index in [0.29, 0.717) is 0 Å². The number of aliphatic hydroxyl groups excluding tert-OH is 2. The zero-order valence-corrected chi connectivity index (χ0v) is 9.31. The first-order valence-corrected chi connectivity index (χ1v) is 6.13. The molecule has 16 heavy (non-hydrogen) atoms. The molecule has 0 unspecified atom stereocenters. The molecule has 1 aromatic rings. The Balaban J connectivity index is 3.05. The minimum atomic E-state index is -3.82. The molecular weight excluding hydrogens is 232 g/mol. The predicted molar refractivity (Wildman–Crippen MR) is 59.4 cm³/mol. The van der Waals surface area contributed by atoms with Gasteiger partial charge in [0, 0.05) is 0 Å². The summed E-state index contributed by atoms with van der Waals surface area (Å²) in [6.45, 7) is -0.620. The van der Waals surface area contributed by atoms with Gasteiger partial charge < -0.3 is 15.5 Å². The van der Waals surface area contributed by atoms with Gasteiger partial charge in [-0.15, -0.1) is 0 Å². The Morgan fingerprint density at radius 2 is 1.81 bits per heavy atom. The minimum Gasteiger partial charge on any atom is -0.394 e. The molecule has 0 aliphatic carbocycles. The van der Waals surface area contributed by atoms with Gasteiger partial charge in [0.05, 0.1) is 24.9 Å². The lowest BCUT2D eigenvalue weighted by Crippen LogP contribution is -2.29. The molecule has 5 N–H and O–H groups in total. The maximum atomic E-state index is 11.2. The first kappa shape index (κ1) is 12.9. The maximum absolute atomic E-state index is 11.2. The molecule has 90 valence electrons. The van der Waals surface area contributed by atoms with Gasteiger partial charge in [0.2, 0.25) is 10.0 Å². The van der Waals surface area contributed by atoms with Gasteiger partial charge in [0.1, 0.15) is 4.90 Å². The minimum absolute atomic E-state index is 0.0677. The van der Waals surface area contributed by atoms with Crippen LogP contribution in [0, 0.1) is 0 Å². The number of para-hydroxylation sites is 1. The number of nitrogens with two attached hydrogens (primary N) is 1. The third kappa shape index (κ3) is 3.17. The summed E-state index contributed by atoms with van der Waals surface area (Å²) in [6.07, 6.45) is 0. The van der Waals surface area contributed by atoms with Gasteiger partial charge in [-0.25, -0.2) is 13.6 Å². The van der Waals surface area contributed by atoms with Crippen molar-refractivity contribution in [2.24, 2.45) is 5.14 Å². The van der Waals surface area contributed by atoms with Gasteiger partial charge in [-0.3, -0.25) is 0 Å². The van der Waals surface area contributed by atoms with E-state index < -0.39 is 16.1 Å². The number of hydrogen-bond acceptors (Lipinski definition) is 5. The van der Waals surface area contributed by atoms with E-state index in [1.165, 1.54) is 18.2 Å². The highest BCUT2D eigenvalue weighted by atomic mass is 32.2. The van der Waals surface area contributed by atoms with E-state index in [-0.39, 0.29) is 23.8 Å². The van der Waals surface area contributed by atoms with Crippen LogP contribution < -0.4 is 10.5 Å². The Morgan fingerprint density at radius 1 is 1.25 bits per heavy atom. The highest BCUT2D eigenvalue weighted by Gasteiger charge is 2.15. The van der Waals surface area contributed by atoms with Crippen LogP contribution in [0.5, 0.6) is 0 Å². The van der Waals surface area contributed by atoms with Gasteiger partial charge in [0.25, 0.3) is 0 Å². The van der Waals surface area contributed by atoms with Crippen LogP contribution in [0.15, 0.2) is 29.2 Å². The number of aliphatic hydroxyl groups is 2. The van der Waals surface area contributed by atoms with Crippen molar-refractivity contribution in [1.29, 1.82) is 0 Å². The molecule has 1 rings (SSSR count). The normalized spacial score (nSPS) is 11.8. The van der Waals surface area contributed by atoms with Gasteiger partial charge in [-0.2, -0.15) is 0 Å². The molecule has 0 saturated carbocycles. The number of primary sulfonamides is 1. The van der Waals surface area contributed by atoms with Crippen molar-refractivity contribution in [2.45, 2.75) is 10.9 Å². The predicted octanol–water partition coefficient (Wildman–Crippen LogP) is -0.901. The summed E-state index contributed by atoms with van der Waals surface area (Å²) < 4.78 is 22.4. The van der Waals surface area contributed by atoms with Gasteiger partial charge in [-0.05, 0) is 12.1 Å². The first-order chi connectivity index (χ1) is 7.49. The lowest BCUT2D eigenvalue weighted by Gasteiger charge is -2.16. The van der Waals surface area contributed by atoms with E-state index in [1.54, 1.807) is 6.07 Å². The lowest BCUT2D eigenvalue weighted by atomic mass is 10.2. The zero-order chi connectivity index (χ0) is 12.2. The molecule has 0 aliphatic heterocycles. The SMILES string of the molecule is NS(=O)(=O)c1ccccc1NC(CO)CO. The molecule has 7 heteroatoms. The molecular formula is C9H14N2O4S. The Bertz CT molecular complexity index is 443. The maximum Gasteiger partial charge on any atom is 0.240 e. The van der Waals surface area contributed by atoms with Crippen molar-refractivity contribution < 1.29 is 18.6 Å². The zero-order valence-electron chi connectivity index (χ0n) is 8.50. The molecule has 6 nitrogen and oxygen atoms in total. The number of nitrogens with one attached hydrogen (secondary N) is 1. The van der Waals surface area contributed by atoms with Gasteiger partial charge in [-0.1, -0.05) is 12.1 Å². The van der Waals surface area contributed by atoms with Crippen molar-refractivity contribution in [2.75, 3.05) is 18.5 Å². The molecule has 0 spiro atoms. The van der Waals surface area contributed by atoms with Crippen LogP contribution in [-0.4, -0.2) is 37.9 Å². The summed E-state index contributed by atoms with van der Waals surface area (Å²) >= 11 is 0. The Hall–Kier alpha value is -1.15. The first-order valence-electron chi connectivity index (χ1n) is 4.59. The van der Waals surface area contributed by atoms with Crippen LogP contribution in [0.25, 0.3) is 0 Å². The van der Waals surface area contributed by atoms with Crippen molar-refractivity contribution in [3.8, 4) is 0 Å². The fourth-order valence-corrected chi connectivity index (χ4v) is 1.90. The fraction of sp³-hybridized carbons (Fsp3) is 0.333. The third-order valence-corrected chi connectivity index (χ3v) is 2.96. The van der Waals surface area contributed by atoms with Crippen LogP contribution in [-0.2, 0) is 10.0 Å². The standard InChI is InChI=1S/C9H14N2O4S/c10-16(14,15)9-4-2-1-3-8(9)11-7(5-12)6-13/h1-4,7,11-13H,5-6H2,(H2,10,14,15). The molecule has 0 heterocycles. The third-order valence-electron chi connectivity index (χ3n) is 1.99. The Morgan fingerprint density at radius 3 is 2.31 bits per heavy atom. The molecule has 1 aromatic carbocycles. The smallest absolute Gasteiger partial charge is 0.240 e. The fourth-order valence-electron chi connectivity index (χ4n) is 1.20. The molecule has 0 radical (unpaired) electrons. The van der Waals surface area contributed by atoms with Crippen LogP contribution in [0.3, 0.4) is 0 Å². The monoisotopic (exact) mass is 246 g/mol. The number of rotatable bonds is 5. The van der Waals surface area contributed by atoms with Crippen molar-refractivity contribution in [3.63, 3.8) is 0 Å². The van der Waals surface area contributed by atoms with E-state index >= 15 is 0 Å². The summed E-state index contributed by atoms with van der Waals surface area (Å²) in [5.41, 5.74) is 0.262. The molecule has 0 bridgehead atoms. The molecule has 0 amide bonds. The van der Waals surface area contributed by atoms with Gasteiger partial charge >= 0.3 is 0 Å². The lowest BCUT2D eigenvalue weighted by molar-refractivity contribution is 0.203. The van der Waals surface area contributed by atoms with Crippen LogP contribution in [0.1, 0.15) is 0 Å². The molecule has 0 aliphatic rings. The van der Waals surface area contributed by atoms with Crippen LogP contribution >= 0.6 is 0 Å². The molecule has 0 saturated heterocycles. The molecule has 0 fully saturated rings. The topological polar surface area (TPSA) is 113 Å². The van der Waals surface area contributed by atoms with Crippen LogP contribution in [0.2, 0.25) is 0 Å².